The lowest BCUT2D eigenvalue weighted by Gasteiger charge is -2.23. The first-order valence-electron chi connectivity index (χ1n) is 17.9. The Kier molecular flexibility index (Phi) is 11.6. The van der Waals surface area contributed by atoms with E-state index in [9.17, 15) is 9.59 Å². The second-order valence-corrected chi connectivity index (χ2v) is 14.4. The van der Waals surface area contributed by atoms with Crippen molar-refractivity contribution in [2.24, 2.45) is 11.8 Å². The lowest BCUT2D eigenvalue weighted by molar-refractivity contribution is -0.705. The first-order valence-corrected chi connectivity index (χ1v) is 17.9. The van der Waals surface area contributed by atoms with Crippen molar-refractivity contribution in [3.63, 3.8) is 0 Å². The van der Waals surface area contributed by atoms with Gasteiger partial charge in [0.1, 0.15) is 37.9 Å². The van der Waals surface area contributed by atoms with Crippen LogP contribution in [0, 0.1) is 25.7 Å². The monoisotopic (exact) mass is 746 g/mol. The first kappa shape index (κ1) is 39.0. The van der Waals surface area contributed by atoms with E-state index in [4.69, 9.17) is 0 Å². The summed E-state index contributed by atoms with van der Waals surface area (Å²) in [5.41, 5.74) is 10.1. The summed E-state index contributed by atoms with van der Waals surface area (Å²) in [5.74, 6) is 3.06. The number of nitrogens with one attached hydrogen (secondary N) is 2. The number of hydrogen-bond donors (Lipinski definition) is 2. The standard InChI is InChI=1S/2C20H21N3O.2ClH.2H2O/c2*1-13-21-9-11-22(13)12-15-7-8-17-18(20(15)24)16-6-2-4-14-5-3-10-23(17)19(14)16;;;;/h2*2,4,6,9,11,15H,3,5,7-8,10,12H2,1H3;2*1H;2*1H2/t2*15-;;;;/m11..../s1. The maximum atomic E-state index is 13.3. The summed E-state index contributed by atoms with van der Waals surface area (Å²) in [6.07, 6.45) is 16.5. The van der Waals surface area contributed by atoms with Crippen molar-refractivity contribution in [2.45, 2.75) is 91.4 Å². The summed E-state index contributed by atoms with van der Waals surface area (Å²) in [6, 6.07) is 13.0. The zero-order valence-electron chi connectivity index (χ0n) is 29.8. The van der Waals surface area contributed by atoms with Gasteiger partial charge in [-0.2, -0.15) is 0 Å². The molecule has 4 aromatic heterocycles. The van der Waals surface area contributed by atoms with Crippen LogP contribution in [0.4, 0.5) is 0 Å². The quantitative estimate of drug-likeness (QED) is 0.207. The highest BCUT2D eigenvalue weighted by molar-refractivity contribution is 6.12. The summed E-state index contributed by atoms with van der Waals surface area (Å²) in [7, 11) is 0. The molecule has 0 bridgehead atoms. The molecule has 276 valence electrons. The number of ketones is 2. The van der Waals surface area contributed by atoms with E-state index < -0.39 is 0 Å². The number of carbonyl (C=O) groups is 2. The van der Waals surface area contributed by atoms with Gasteiger partial charge < -0.3 is 44.9 Å². The summed E-state index contributed by atoms with van der Waals surface area (Å²) in [6.45, 7) is 7.79. The van der Waals surface area contributed by atoms with Gasteiger partial charge in [-0.25, -0.2) is 19.1 Å². The number of hydrogen-bond acceptors (Lipinski definition) is 2. The van der Waals surface area contributed by atoms with Crippen LogP contribution in [0.15, 0.2) is 61.2 Å². The van der Waals surface area contributed by atoms with Crippen LogP contribution in [0.5, 0.6) is 0 Å². The van der Waals surface area contributed by atoms with Crippen molar-refractivity contribution in [3.05, 3.63) is 106 Å². The van der Waals surface area contributed by atoms with E-state index in [2.05, 4.69) is 78.5 Å². The van der Waals surface area contributed by atoms with E-state index in [0.29, 0.717) is 11.6 Å². The summed E-state index contributed by atoms with van der Waals surface area (Å²) < 4.78 is 9.20. The Labute approximate surface area is 315 Å². The van der Waals surface area contributed by atoms with E-state index in [1.165, 1.54) is 57.2 Å². The van der Waals surface area contributed by atoms with E-state index in [1.807, 2.05) is 24.8 Å². The number of halogens is 2. The number of fused-ring (bicyclic) bond motifs is 6. The molecular weight excluding hydrogens is 699 g/mol. The number of carbonyl (C=O) groups excluding carboxylic acids is 2. The molecule has 4 aliphatic rings. The van der Waals surface area contributed by atoms with Crippen molar-refractivity contribution < 1.29 is 54.5 Å². The minimum absolute atomic E-state index is 0. The van der Waals surface area contributed by atoms with E-state index in [-0.39, 0.29) is 47.6 Å². The Morgan fingerprint density at radius 1 is 0.654 bits per heavy atom. The molecule has 12 heteroatoms. The molecule has 0 unspecified atom stereocenters. The second kappa shape index (κ2) is 15.4. The van der Waals surface area contributed by atoms with Crippen molar-refractivity contribution >= 4 is 33.4 Å². The minimum Gasteiger partial charge on any atom is -1.00 e. The maximum absolute atomic E-state index is 13.3. The van der Waals surface area contributed by atoms with Crippen LogP contribution in [-0.2, 0) is 51.9 Å². The third-order valence-corrected chi connectivity index (χ3v) is 11.7. The minimum atomic E-state index is 0. The molecule has 6 aromatic rings. The van der Waals surface area contributed by atoms with Gasteiger partial charge in [0.05, 0.1) is 22.9 Å². The van der Waals surface area contributed by atoms with E-state index >= 15 is 0 Å². The van der Waals surface area contributed by atoms with Gasteiger partial charge in [-0.15, -0.1) is 0 Å². The number of para-hydroxylation sites is 2. The number of rotatable bonds is 4. The summed E-state index contributed by atoms with van der Waals surface area (Å²) in [5, 5.41) is 2.38. The molecule has 0 spiro atoms. The average molecular weight is 748 g/mol. The van der Waals surface area contributed by atoms with Crippen LogP contribution in [0.3, 0.4) is 0 Å². The molecule has 6 heterocycles. The van der Waals surface area contributed by atoms with Gasteiger partial charge >= 0.3 is 0 Å². The molecule has 0 radical (unpaired) electrons. The zero-order chi connectivity index (χ0) is 32.5. The Balaban J connectivity index is 0.000000187. The third-order valence-electron chi connectivity index (χ3n) is 11.7. The molecule has 52 heavy (non-hydrogen) atoms. The van der Waals surface area contributed by atoms with Gasteiger partial charge in [-0.05, 0) is 62.5 Å². The van der Waals surface area contributed by atoms with Crippen LogP contribution >= 0.6 is 0 Å². The van der Waals surface area contributed by atoms with Gasteiger partial charge in [-0.3, -0.25) is 9.59 Å². The highest BCUT2D eigenvalue weighted by Gasteiger charge is 2.36. The fourth-order valence-electron chi connectivity index (χ4n) is 9.29. The third kappa shape index (κ3) is 6.19. The Hall–Kier alpha value is -4.22. The molecule has 0 fully saturated rings. The number of nitrogens with zero attached hydrogens (tertiary/aromatic N) is 4. The molecule has 0 saturated carbocycles. The normalized spacial score (nSPS) is 18.2. The number of aromatic amines is 2. The van der Waals surface area contributed by atoms with Gasteiger partial charge in [0, 0.05) is 60.2 Å². The predicted molar refractivity (Wildman–Crippen MR) is 191 cm³/mol. The highest BCUT2D eigenvalue weighted by atomic mass is 35.5. The number of imidazole rings is 2. The molecule has 0 saturated heterocycles. The van der Waals surface area contributed by atoms with E-state index in [1.54, 1.807) is 0 Å². The van der Waals surface area contributed by atoms with Crippen LogP contribution in [0.1, 0.15) is 80.6 Å². The fraction of sp³-hybridized carbons (Fsp3) is 0.400. The number of aryl methyl sites for hydroxylation is 6. The predicted octanol–water partition coefficient (Wildman–Crippen LogP) is -1.73. The molecule has 10 nitrogen and oxygen atoms in total. The maximum Gasteiger partial charge on any atom is 0.251 e. The lowest BCUT2D eigenvalue weighted by Crippen LogP contribution is -3.00. The molecule has 2 aliphatic carbocycles. The van der Waals surface area contributed by atoms with Crippen molar-refractivity contribution in [1.29, 1.82) is 0 Å². The van der Waals surface area contributed by atoms with Crippen LogP contribution < -0.4 is 33.9 Å². The number of H-pyrrole nitrogens is 2. The lowest BCUT2D eigenvalue weighted by atomic mass is 9.84. The smallest absolute Gasteiger partial charge is 0.251 e. The Bertz CT molecular complexity index is 2100. The second-order valence-electron chi connectivity index (χ2n) is 14.4. The number of aromatic nitrogens is 6. The fourth-order valence-corrected chi connectivity index (χ4v) is 9.29. The largest absolute Gasteiger partial charge is 1.00 e. The van der Waals surface area contributed by atoms with Crippen LogP contribution in [-0.4, -0.2) is 41.6 Å². The van der Waals surface area contributed by atoms with Crippen LogP contribution in [0.25, 0.3) is 21.8 Å². The number of Topliss-reactive ketones (excluding diaryl/α,β-unsaturated/α-hetero) is 2. The van der Waals surface area contributed by atoms with Gasteiger partial charge in [-0.1, -0.05) is 36.4 Å². The van der Waals surface area contributed by atoms with Crippen molar-refractivity contribution in [1.82, 2.24) is 19.1 Å². The zero-order valence-corrected chi connectivity index (χ0v) is 31.3. The highest BCUT2D eigenvalue weighted by Crippen LogP contribution is 2.39. The molecule has 2 atom stereocenters. The molecule has 2 aliphatic heterocycles. The molecule has 10 rings (SSSR count). The molecular formula is C40H48Cl2N6O4. The van der Waals surface area contributed by atoms with Gasteiger partial charge in [0.25, 0.3) is 11.6 Å². The average Bonchev–Trinajstić information content (AvgIpc) is 3.87. The van der Waals surface area contributed by atoms with Gasteiger partial charge in [0.15, 0.2) is 11.6 Å². The number of benzene rings is 2. The topological polar surface area (TPSA) is 146 Å². The van der Waals surface area contributed by atoms with E-state index in [0.717, 1.165) is 87.5 Å². The van der Waals surface area contributed by atoms with Crippen LogP contribution in [0.2, 0.25) is 0 Å². The molecule has 6 N–H and O–H groups in total. The summed E-state index contributed by atoms with van der Waals surface area (Å²) in [4.78, 5) is 33.0. The summed E-state index contributed by atoms with van der Waals surface area (Å²) >= 11 is 0. The molecule has 0 amide bonds. The van der Waals surface area contributed by atoms with Gasteiger partial charge in [0.2, 0.25) is 0 Å². The van der Waals surface area contributed by atoms with Crippen molar-refractivity contribution in [2.75, 3.05) is 0 Å². The van der Waals surface area contributed by atoms with Crippen molar-refractivity contribution in [3.8, 4) is 0 Å². The molecule has 2 aromatic carbocycles. The first-order chi connectivity index (χ1) is 23.5. The SMILES string of the molecule is Cc1[nH]cc[n+]1C[C@H]1CCc2c(c3cccc4c3n2CCC4)C1=O.Cc1[nH]cc[n+]1C[C@H]1CCc2c(c3cccc4c3n2CCC4)C1=O.O.O.[Cl-].[Cl-]. The Morgan fingerprint density at radius 2 is 1.08 bits per heavy atom. The Morgan fingerprint density at radius 3 is 1.46 bits per heavy atom.